The first-order valence-electron chi connectivity index (χ1n) is 6.78. The molecular weight excluding hydrogens is 196 g/mol. The lowest BCUT2D eigenvalue weighted by Gasteiger charge is -2.47. The lowest BCUT2D eigenvalue weighted by Crippen LogP contribution is -2.42. The summed E-state index contributed by atoms with van der Waals surface area (Å²) in [4.78, 5) is 0. The van der Waals surface area contributed by atoms with Crippen LogP contribution in [0.25, 0.3) is 0 Å². The van der Waals surface area contributed by atoms with E-state index < -0.39 is 0 Å². The SMILES string of the molecule is C[C@@H]1CC[C@H](O)C2=CC[C@@H]3[C@H](C3(C)C)[C@@]21C. The maximum Gasteiger partial charge on any atom is 0.0755 e. The van der Waals surface area contributed by atoms with Gasteiger partial charge in [0.2, 0.25) is 0 Å². The van der Waals surface area contributed by atoms with Crippen molar-refractivity contribution in [1.29, 1.82) is 0 Å². The molecule has 3 rings (SSSR count). The molecule has 0 aromatic heterocycles. The molecule has 0 heterocycles. The molecule has 1 nitrogen and oxygen atoms in total. The van der Waals surface area contributed by atoms with E-state index in [0.29, 0.717) is 5.41 Å². The molecule has 90 valence electrons. The van der Waals surface area contributed by atoms with E-state index in [1.807, 2.05) is 0 Å². The van der Waals surface area contributed by atoms with Gasteiger partial charge in [-0.15, -0.1) is 0 Å². The average Bonchev–Trinajstić information content (AvgIpc) is 2.78. The summed E-state index contributed by atoms with van der Waals surface area (Å²) in [6.45, 7) is 9.63. The molecular formula is C15H24O. The largest absolute Gasteiger partial charge is 0.389 e. The first kappa shape index (κ1) is 10.8. The number of aliphatic hydroxyl groups is 1. The molecule has 0 amide bonds. The highest BCUT2D eigenvalue weighted by Gasteiger charge is 2.68. The van der Waals surface area contributed by atoms with Crippen molar-refractivity contribution < 1.29 is 5.11 Å². The van der Waals surface area contributed by atoms with Crippen LogP contribution in [0, 0.1) is 28.6 Å². The molecule has 0 unspecified atom stereocenters. The van der Waals surface area contributed by atoms with Crippen LogP contribution >= 0.6 is 0 Å². The topological polar surface area (TPSA) is 20.2 Å². The average molecular weight is 220 g/mol. The molecule has 5 atom stereocenters. The predicted octanol–water partition coefficient (Wildman–Crippen LogP) is 3.39. The standard InChI is InChI=1S/C15H24O/c1-9-5-8-12(16)10-6-7-11-13(14(11,2)3)15(9,10)4/h6,9,11-13,16H,5,7-8H2,1-4H3/t9-,11-,12+,13-,15-/m1/s1. The molecule has 0 bridgehead atoms. The van der Waals surface area contributed by atoms with Crippen LogP contribution in [0.5, 0.6) is 0 Å². The van der Waals surface area contributed by atoms with Crippen LogP contribution in [0.3, 0.4) is 0 Å². The third-order valence-electron chi connectivity index (χ3n) is 6.17. The fourth-order valence-electron chi connectivity index (χ4n) is 4.98. The van der Waals surface area contributed by atoms with Crippen molar-refractivity contribution in [2.24, 2.45) is 28.6 Å². The van der Waals surface area contributed by atoms with E-state index in [4.69, 9.17) is 0 Å². The van der Waals surface area contributed by atoms with E-state index >= 15 is 0 Å². The van der Waals surface area contributed by atoms with Gasteiger partial charge in [0.25, 0.3) is 0 Å². The smallest absolute Gasteiger partial charge is 0.0755 e. The fourth-order valence-corrected chi connectivity index (χ4v) is 4.98. The number of allylic oxidation sites excluding steroid dienone is 1. The van der Waals surface area contributed by atoms with Crippen molar-refractivity contribution in [3.8, 4) is 0 Å². The van der Waals surface area contributed by atoms with E-state index in [2.05, 4.69) is 33.8 Å². The van der Waals surface area contributed by atoms with Crippen LogP contribution in [0.1, 0.15) is 47.0 Å². The van der Waals surface area contributed by atoms with Crippen molar-refractivity contribution in [3.63, 3.8) is 0 Å². The molecule has 2 fully saturated rings. The Labute approximate surface area is 98.9 Å². The van der Waals surface area contributed by atoms with Gasteiger partial charge in [0.05, 0.1) is 6.10 Å². The number of rotatable bonds is 0. The normalized spacial score (nSPS) is 53.7. The van der Waals surface area contributed by atoms with Crippen LogP contribution in [0.15, 0.2) is 11.6 Å². The van der Waals surface area contributed by atoms with Gasteiger partial charge < -0.3 is 5.11 Å². The molecule has 0 radical (unpaired) electrons. The molecule has 0 spiro atoms. The Morgan fingerprint density at radius 3 is 2.62 bits per heavy atom. The third-order valence-corrected chi connectivity index (χ3v) is 6.17. The Hall–Kier alpha value is -0.300. The third kappa shape index (κ3) is 1.06. The first-order chi connectivity index (χ1) is 7.40. The predicted molar refractivity (Wildman–Crippen MR) is 66.0 cm³/mol. The van der Waals surface area contributed by atoms with Crippen LogP contribution < -0.4 is 0 Å². The van der Waals surface area contributed by atoms with Crippen molar-refractivity contribution in [2.45, 2.75) is 53.1 Å². The zero-order valence-electron chi connectivity index (χ0n) is 11.0. The summed E-state index contributed by atoms with van der Waals surface area (Å²) in [5.41, 5.74) is 2.15. The number of fused-ring (bicyclic) bond motifs is 3. The van der Waals surface area contributed by atoms with Gasteiger partial charge in [-0.3, -0.25) is 0 Å². The summed E-state index contributed by atoms with van der Waals surface area (Å²) in [5, 5.41) is 10.2. The van der Waals surface area contributed by atoms with Crippen molar-refractivity contribution in [1.82, 2.24) is 0 Å². The van der Waals surface area contributed by atoms with Crippen LogP contribution in [0.2, 0.25) is 0 Å². The van der Waals surface area contributed by atoms with Crippen LogP contribution in [-0.2, 0) is 0 Å². The van der Waals surface area contributed by atoms with Crippen molar-refractivity contribution in [3.05, 3.63) is 11.6 Å². The Morgan fingerprint density at radius 2 is 1.94 bits per heavy atom. The Kier molecular flexibility index (Phi) is 1.98. The van der Waals surface area contributed by atoms with Gasteiger partial charge in [0, 0.05) is 0 Å². The molecule has 1 heteroatoms. The highest BCUT2D eigenvalue weighted by atomic mass is 16.3. The zero-order valence-corrected chi connectivity index (χ0v) is 11.0. The lowest BCUT2D eigenvalue weighted by atomic mass is 9.58. The molecule has 2 saturated carbocycles. The highest BCUT2D eigenvalue weighted by Crippen LogP contribution is 2.74. The summed E-state index contributed by atoms with van der Waals surface area (Å²) >= 11 is 0. The summed E-state index contributed by atoms with van der Waals surface area (Å²) in [6.07, 6.45) is 5.58. The van der Waals surface area contributed by atoms with Gasteiger partial charge in [0.1, 0.15) is 0 Å². The quantitative estimate of drug-likeness (QED) is 0.620. The minimum absolute atomic E-state index is 0.154. The summed E-state index contributed by atoms with van der Waals surface area (Å²) < 4.78 is 0. The van der Waals surface area contributed by atoms with E-state index in [0.717, 1.165) is 24.2 Å². The van der Waals surface area contributed by atoms with Gasteiger partial charge in [-0.25, -0.2) is 0 Å². The van der Waals surface area contributed by atoms with Gasteiger partial charge in [-0.05, 0) is 53.4 Å². The number of hydrogen-bond donors (Lipinski definition) is 1. The molecule has 0 aromatic carbocycles. The van der Waals surface area contributed by atoms with Crippen LogP contribution in [0.4, 0.5) is 0 Å². The van der Waals surface area contributed by atoms with E-state index in [9.17, 15) is 5.11 Å². The van der Waals surface area contributed by atoms with Gasteiger partial charge in [0.15, 0.2) is 0 Å². The number of aliphatic hydroxyl groups excluding tert-OH is 1. The van der Waals surface area contributed by atoms with E-state index in [1.165, 1.54) is 18.4 Å². The Bertz CT molecular complexity index is 354. The summed E-state index contributed by atoms with van der Waals surface area (Å²) in [7, 11) is 0. The molecule has 0 saturated heterocycles. The maximum absolute atomic E-state index is 10.2. The van der Waals surface area contributed by atoms with Gasteiger partial charge in [-0.2, -0.15) is 0 Å². The lowest BCUT2D eigenvalue weighted by molar-refractivity contribution is 0.0585. The van der Waals surface area contributed by atoms with E-state index in [1.54, 1.807) is 0 Å². The Morgan fingerprint density at radius 1 is 1.25 bits per heavy atom. The molecule has 0 aliphatic heterocycles. The van der Waals surface area contributed by atoms with Gasteiger partial charge >= 0.3 is 0 Å². The Balaban J connectivity index is 2.04. The van der Waals surface area contributed by atoms with Crippen LogP contribution in [-0.4, -0.2) is 11.2 Å². The summed E-state index contributed by atoms with van der Waals surface area (Å²) in [6, 6.07) is 0. The number of hydrogen-bond acceptors (Lipinski definition) is 1. The minimum atomic E-state index is -0.154. The highest BCUT2D eigenvalue weighted by molar-refractivity contribution is 5.34. The minimum Gasteiger partial charge on any atom is -0.389 e. The van der Waals surface area contributed by atoms with Crippen molar-refractivity contribution >= 4 is 0 Å². The maximum atomic E-state index is 10.2. The molecule has 3 aliphatic carbocycles. The summed E-state index contributed by atoms with van der Waals surface area (Å²) in [5.74, 6) is 2.41. The fraction of sp³-hybridized carbons (Fsp3) is 0.867. The van der Waals surface area contributed by atoms with Gasteiger partial charge in [-0.1, -0.05) is 33.8 Å². The van der Waals surface area contributed by atoms with Crippen molar-refractivity contribution in [2.75, 3.05) is 0 Å². The molecule has 0 aromatic rings. The second-order valence-corrected chi connectivity index (χ2v) is 7.08. The molecule has 3 aliphatic rings. The molecule has 1 N–H and O–H groups in total. The second kappa shape index (κ2) is 2.93. The first-order valence-corrected chi connectivity index (χ1v) is 6.78. The second-order valence-electron chi connectivity index (χ2n) is 7.08. The zero-order chi connectivity index (χ0) is 11.7. The van der Waals surface area contributed by atoms with E-state index in [-0.39, 0.29) is 11.5 Å². The monoisotopic (exact) mass is 220 g/mol. The molecule has 16 heavy (non-hydrogen) atoms.